The van der Waals surface area contributed by atoms with Crippen molar-refractivity contribution in [1.29, 1.82) is 0 Å². The van der Waals surface area contributed by atoms with Gasteiger partial charge in [0.25, 0.3) is 0 Å². The maximum absolute atomic E-state index is 6.12. The third kappa shape index (κ3) is 2.28. The molecular formula is C17H17ClN2O. The molecule has 3 nitrogen and oxygen atoms in total. The van der Waals surface area contributed by atoms with Crippen molar-refractivity contribution in [3.63, 3.8) is 0 Å². The molecule has 4 heteroatoms. The van der Waals surface area contributed by atoms with Gasteiger partial charge in [-0.05, 0) is 43.2 Å². The molecule has 0 aliphatic heterocycles. The fourth-order valence-electron chi connectivity index (χ4n) is 2.61. The predicted octanol–water partition coefficient (Wildman–Crippen LogP) is 4.39. The number of para-hydroxylation sites is 1. The van der Waals surface area contributed by atoms with Crippen LogP contribution < -0.4 is 4.74 Å². The van der Waals surface area contributed by atoms with Crippen molar-refractivity contribution in [3.05, 3.63) is 53.3 Å². The number of fused-ring (bicyclic) bond motifs is 1. The summed E-state index contributed by atoms with van der Waals surface area (Å²) < 4.78 is 7.53. The van der Waals surface area contributed by atoms with E-state index >= 15 is 0 Å². The second-order valence-electron chi connectivity index (χ2n) is 5.12. The minimum atomic E-state index is 0.352. The van der Waals surface area contributed by atoms with E-state index in [2.05, 4.69) is 41.6 Å². The third-order valence-corrected chi connectivity index (χ3v) is 3.90. The van der Waals surface area contributed by atoms with Crippen molar-refractivity contribution in [3.8, 4) is 11.4 Å². The Bertz CT molecular complexity index is 808. The molecule has 0 radical (unpaired) electrons. The molecule has 1 heterocycles. The first-order chi connectivity index (χ1) is 10.2. The summed E-state index contributed by atoms with van der Waals surface area (Å²) in [6.45, 7) is 4.18. The molecule has 0 fully saturated rings. The van der Waals surface area contributed by atoms with Gasteiger partial charge in [0.15, 0.2) is 0 Å². The predicted molar refractivity (Wildman–Crippen MR) is 86.7 cm³/mol. The summed E-state index contributed by atoms with van der Waals surface area (Å²) in [4.78, 5) is 4.66. The molecular weight excluding hydrogens is 284 g/mol. The number of aromatic nitrogens is 2. The minimum absolute atomic E-state index is 0.352. The zero-order valence-corrected chi connectivity index (χ0v) is 13.1. The molecule has 108 valence electrons. The van der Waals surface area contributed by atoms with E-state index in [1.54, 1.807) is 7.11 Å². The number of nitrogens with zero attached hydrogens (tertiary/aromatic N) is 2. The summed E-state index contributed by atoms with van der Waals surface area (Å²) in [6, 6.07) is 12.3. The molecule has 3 aromatic rings. The van der Waals surface area contributed by atoms with Gasteiger partial charge in [-0.15, -0.1) is 11.6 Å². The highest BCUT2D eigenvalue weighted by molar-refractivity contribution is 6.17. The molecule has 0 amide bonds. The number of aryl methyl sites for hydroxylation is 2. The molecule has 1 aromatic heterocycles. The van der Waals surface area contributed by atoms with Crippen LogP contribution in [-0.4, -0.2) is 16.7 Å². The third-order valence-electron chi connectivity index (χ3n) is 3.66. The Hall–Kier alpha value is -2.00. The normalized spacial score (nSPS) is 11.0. The van der Waals surface area contributed by atoms with E-state index < -0.39 is 0 Å². The Balaban J connectivity index is 2.38. The van der Waals surface area contributed by atoms with E-state index in [1.165, 1.54) is 11.1 Å². The lowest BCUT2D eigenvalue weighted by molar-refractivity contribution is 0.419. The number of hydrogen-bond donors (Lipinski definition) is 0. The Morgan fingerprint density at radius 1 is 1.19 bits per heavy atom. The number of hydrogen-bond acceptors (Lipinski definition) is 2. The van der Waals surface area contributed by atoms with Crippen LogP contribution in [0.1, 0.15) is 17.0 Å². The first-order valence-electron chi connectivity index (χ1n) is 6.83. The second kappa shape index (κ2) is 5.41. The van der Waals surface area contributed by atoms with Gasteiger partial charge in [0.2, 0.25) is 0 Å². The fraction of sp³-hybridized carbons (Fsp3) is 0.235. The molecule has 2 aromatic carbocycles. The number of alkyl halides is 1. The van der Waals surface area contributed by atoms with Crippen LogP contribution in [0.15, 0.2) is 36.4 Å². The highest BCUT2D eigenvalue weighted by Gasteiger charge is 2.16. The van der Waals surface area contributed by atoms with Gasteiger partial charge >= 0.3 is 0 Å². The van der Waals surface area contributed by atoms with Crippen molar-refractivity contribution in [2.24, 2.45) is 0 Å². The number of rotatable bonds is 3. The number of benzene rings is 2. The Morgan fingerprint density at radius 2 is 2.00 bits per heavy atom. The van der Waals surface area contributed by atoms with E-state index in [0.29, 0.717) is 5.88 Å². The summed E-state index contributed by atoms with van der Waals surface area (Å²) >= 11 is 6.12. The van der Waals surface area contributed by atoms with Crippen molar-refractivity contribution < 1.29 is 4.74 Å². The van der Waals surface area contributed by atoms with Gasteiger partial charge in [0.1, 0.15) is 17.1 Å². The Labute approximate surface area is 129 Å². The molecule has 0 saturated heterocycles. The summed E-state index contributed by atoms with van der Waals surface area (Å²) in [5.74, 6) is 1.94. The van der Waals surface area contributed by atoms with Crippen LogP contribution in [0.2, 0.25) is 0 Å². The van der Waals surface area contributed by atoms with Crippen molar-refractivity contribution >= 4 is 22.6 Å². The van der Waals surface area contributed by atoms with Crippen LogP contribution in [0.25, 0.3) is 16.7 Å². The van der Waals surface area contributed by atoms with E-state index in [9.17, 15) is 0 Å². The van der Waals surface area contributed by atoms with Crippen LogP contribution in [0, 0.1) is 13.8 Å². The first-order valence-corrected chi connectivity index (χ1v) is 7.37. The Kier molecular flexibility index (Phi) is 3.60. The highest BCUT2D eigenvalue weighted by Crippen LogP contribution is 2.30. The molecule has 0 saturated carbocycles. The SMILES string of the molecule is COc1cccc2c1nc(CCl)n2-c1cc(C)ccc1C. The van der Waals surface area contributed by atoms with Gasteiger partial charge in [0, 0.05) is 0 Å². The van der Waals surface area contributed by atoms with Crippen LogP contribution in [0.3, 0.4) is 0 Å². The monoisotopic (exact) mass is 300 g/mol. The standard InChI is InChI=1S/C17H17ClN2O/c1-11-7-8-12(2)14(9-11)20-13-5-4-6-15(21-3)17(13)19-16(20)10-18/h4-9H,10H2,1-3H3. The van der Waals surface area contributed by atoms with Gasteiger partial charge in [-0.1, -0.05) is 18.2 Å². The summed E-state index contributed by atoms with van der Waals surface area (Å²) in [6.07, 6.45) is 0. The molecule has 0 aliphatic rings. The fourth-order valence-corrected chi connectivity index (χ4v) is 2.78. The molecule has 0 aliphatic carbocycles. The van der Waals surface area contributed by atoms with E-state index in [0.717, 1.165) is 28.3 Å². The molecule has 0 bridgehead atoms. The molecule has 3 rings (SSSR count). The summed E-state index contributed by atoms with van der Waals surface area (Å²) in [5.41, 5.74) is 5.37. The van der Waals surface area contributed by atoms with E-state index in [4.69, 9.17) is 16.3 Å². The van der Waals surface area contributed by atoms with Crippen LogP contribution in [0.5, 0.6) is 5.75 Å². The van der Waals surface area contributed by atoms with Crippen LogP contribution in [-0.2, 0) is 5.88 Å². The largest absolute Gasteiger partial charge is 0.494 e. The van der Waals surface area contributed by atoms with Crippen LogP contribution in [0.4, 0.5) is 0 Å². The molecule has 0 unspecified atom stereocenters. The van der Waals surface area contributed by atoms with Crippen molar-refractivity contribution in [1.82, 2.24) is 9.55 Å². The van der Waals surface area contributed by atoms with Gasteiger partial charge in [-0.2, -0.15) is 0 Å². The lowest BCUT2D eigenvalue weighted by Crippen LogP contribution is -2.02. The molecule has 21 heavy (non-hydrogen) atoms. The molecule has 0 spiro atoms. The average Bonchev–Trinajstić information content (AvgIpc) is 2.88. The number of ether oxygens (including phenoxy) is 1. The maximum Gasteiger partial charge on any atom is 0.146 e. The van der Waals surface area contributed by atoms with Gasteiger partial charge < -0.3 is 4.74 Å². The number of methoxy groups -OCH3 is 1. The smallest absolute Gasteiger partial charge is 0.146 e. The topological polar surface area (TPSA) is 27.1 Å². The zero-order valence-electron chi connectivity index (χ0n) is 12.4. The average molecular weight is 301 g/mol. The van der Waals surface area contributed by atoms with Gasteiger partial charge in [-0.3, -0.25) is 4.57 Å². The quantitative estimate of drug-likeness (QED) is 0.671. The lowest BCUT2D eigenvalue weighted by atomic mass is 10.1. The van der Waals surface area contributed by atoms with Gasteiger partial charge in [0.05, 0.1) is 24.2 Å². The van der Waals surface area contributed by atoms with Crippen molar-refractivity contribution in [2.45, 2.75) is 19.7 Å². The zero-order chi connectivity index (χ0) is 15.0. The van der Waals surface area contributed by atoms with E-state index in [1.807, 2.05) is 18.2 Å². The summed E-state index contributed by atoms with van der Waals surface area (Å²) in [7, 11) is 1.66. The lowest BCUT2D eigenvalue weighted by Gasteiger charge is -2.12. The molecule has 0 N–H and O–H groups in total. The minimum Gasteiger partial charge on any atom is -0.494 e. The van der Waals surface area contributed by atoms with Gasteiger partial charge in [-0.25, -0.2) is 4.98 Å². The number of halogens is 1. The maximum atomic E-state index is 6.12. The second-order valence-corrected chi connectivity index (χ2v) is 5.38. The number of imidazole rings is 1. The highest BCUT2D eigenvalue weighted by atomic mass is 35.5. The molecule has 0 atom stereocenters. The van der Waals surface area contributed by atoms with Crippen molar-refractivity contribution in [2.75, 3.05) is 7.11 Å². The van der Waals surface area contributed by atoms with E-state index in [-0.39, 0.29) is 0 Å². The Morgan fingerprint density at radius 3 is 2.71 bits per heavy atom. The summed E-state index contributed by atoms with van der Waals surface area (Å²) in [5, 5.41) is 0. The first kappa shape index (κ1) is 14.0. The van der Waals surface area contributed by atoms with Crippen LogP contribution >= 0.6 is 11.6 Å².